The van der Waals surface area contributed by atoms with Crippen LogP contribution in [0.1, 0.15) is 16.9 Å². The van der Waals surface area contributed by atoms with Crippen LogP contribution in [0.4, 0.5) is 0 Å². The molecule has 1 aromatic rings. The zero-order valence-electron chi connectivity index (χ0n) is 9.77. The van der Waals surface area contributed by atoms with Crippen molar-refractivity contribution < 1.29 is 9.53 Å². The van der Waals surface area contributed by atoms with Gasteiger partial charge < -0.3 is 15.4 Å². The molecule has 1 aliphatic heterocycles. The van der Waals surface area contributed by atoms with Crippen LogP contribution in [0.2, 0.25) is 0 Å². The van der Waals surface area contributed by atoms with Gasteiger partial charge in [-0.2, -0.15) is 0 Å². The molecule has 0 aliphatic carbocycles. The second-order valence-corrected chi connectivity index (χ2v) is 4.01. The number of hydrogen-bond donors (Lipinski definition) is 2. The molecule has 2 heterocycles. The lowest BCUT2D eigenvalue weighted by molar-refractivity contribution is 0.0957. The molecule has 2 rings (SSSR count). The second-order valence-electron chi connectivity index (χ2n) is 4.01. The summed E-state index contributed by atoms with van der Waals surface area (Å²) in [6, 6.07) is 3.27. The molecule has 1 unspecified atom stereocenters. The predicted octanol–water partition coefficient (Wildman–Crippen LogP) is -0.176. The average molecular weight is 236 g/mol. The number of carbonyl (C=O) groups is 1. The lowest BCUT2D eigenvalue weighted by Gasteiger charge is -2.09. The molecule has 0 saturated carbocycles. The maximum atomic E-state index is 11.2. The van der Waals surface area contributed by atoms with Crippen LogP contribution in [0.25, 0.3) is 0 Å². The molecule has 1 fully saturated rings. The summed E-state index contributed by atoms with van der Waals surface area (Å²) >= 11 is 0. The standard InChI is InChI=1S/C11H16N4O2/c1-12-11(16)9-2-3-10(15-14-9)17-7-8-4-5-13-6-8/h2-3,8,13H,4-7H2,1H3,(H,12,16). The van der Waals surface area contributed by atoms with Crippen LogP contribution in [0.5, 0.6) is 5.88 Å². The topological polar surface area (TPSA) is 76.1 Å². The zero-order chi connectivity index (χ0) is 12.1. The molecule has 1 aliphatic rings. The zero-order valence-corrected chi connectivity index (χ0v) is 9.77. The SMILES string of the molecule is CNC(=O)c1ccc(OCC2CCNC2)nn1. The molecule has 0 radical (unpaired) electrons. The van der Waals surface area contributed by atoms with E-state index in [1.165, 1.54) is 0 Å². The Balaban J connectivity index is 1.87. The van der Waals surface area contributed by atoms with Gasteiger partial charge in [0.05, 0.1) is 6.61 Å². The van der Waals surface area contributed by atoms with E-state index in [2.05, 4.69) is 20.8 Å². The summed E-state index contributed by atoms with van der Waals surface area (Å²) < 4.78 is 5.51. The Bertz CT molecular complexity index is 374. The normalized spacial score (nSPS) is 19.0. The van der Waals surface area contributed by atoms with Crippen LogP contribution in [-0.4, -0.2) is 42.8 Å². The first-order chi connectivity index (χ1) is 8.29. The third-order valence-corrected chi connectivity index (χ3v) is 2.73. The number of nitrogens with zero attached hydrogens (tertiary/aromatic N) is 2. The van der Waals surface area contributed by atoms with Crippen molar-refractivity contribution >= 4 is 5.91 Å². The summed E-state index contributed by atoms with van der Waals surface area (Å²) in [5, 5.41) is 13.4. The minimum atomic E-state index is -0.246. The molecule has 1 aromatic heterocycles. The predicted molar refractivity (Wildman–Crippen MR) is 61.9 cm³/mol. The third-order valence-electron chi connectivity index (χ3n) is 2.73. The highest BCUT2D eigenvalue weighted by Gasteiger charge is 2.15. The van der Waals surface area contributed by atoms with Crippen LogP contribution < -0.4 is 15.4 Å². The Morgan fingerprint density at radius 2 is 2.47 bits per heavy atom. The van der Waals surface area contributed by atoms with E-state index in [9.17, 15) is 4.79 Å². The van der Waals surface area contributed by atoms with Gasteiger partial charge in [0.15, 0.2) is 5.69 Å². The molecule has 0 bridgehead atoms. The van der Waals surface area contributed by atoms with Gasteiger partial charge in [0.2, 0.25) is 5.88 Å². The highest BCUT2D eigenvalue weighted by Crippen LogP contribution is 2.11. The van der Waals surface area contributed by atoms with E-state index in [0.717, 1.165) is 19.5 Å². The van der Waals surface area contributed by atoms with Crippen molar-refractivity contribution in [3.05, 3.63) is 17.8 Å². The number of rotatable bonds is 4. The molecule has 92 valence electrons. The summed E-state index contributed by atoms with van der Waals surface area (Å²) in [5.74, 6) is 0.754. The van der Waals surface area contributed by atoms with Crippen molar-refractivity contribution in [1.82, 2.24) is 20.8 Å². The number of nitrogens with one attached hydrogen (secondary N) is 2. The van der Waals surface area contributed by atoms with Gasteiger partial charge in [-0.05, 0) is 19.0 Å². The van der Waals surface area contributed by atoms with Crippen molar-refractivity contribution in [3.8, 4) is 5.88 Å². The summed E-state index contributed by atoms with van der Waals surface area (Å²) in [4.78, 5) is 11.2. The molecule has 1 amide bonds. The van der Waals surface area contributed by atoms with E-state index in [0.29, 0.717) is 24.1 Å². The Kier molecular flexibility index (Phi) is 3.87. The van der Waals surface area contributed by atoms with E-state index in [1.54, 1.807) is 19.2 Å². The van der Waals surface area contributed by atoms with Crippen molar-refractivity contribution in [3.63, 3.8) is 0 Å². The molecule has 0 aromatic carbocycles. The van der Waals surface area contributed by atoms with Gasteiger partial charge in [0, 0.05) is 25.6 Å². The van der Waals surface area contributed by atoms with Gasteiger partial charge >= 0.3 is 0 Å². The van der Waals surface area contributed by atoms with Crippen molar-refractivity contribution in [2.75, 3.05) is 26.7 Å². The van der Waals surface area contributed by atoms with Gasteiger partial charge in [-0.25, -0.2) is 0 Å². The van der Waals surface area contributed by atoms with E-state index in [1.807, 2.05) is 0 Å². The van der Waals surface area contributed by atoms with Gasteiger partial charge in [-0.1, -0.05) is 0 Å². The number of aromatic nitrogens is 2. The molecular weight excluding hydrogens is 220 g/mol. The number of ether oxygens (including phenoxy) is 1. The molecule has 6 heteroatoms. The third kappa shape index (κ3) is 3.13. The first-order valence-electron chi connectivity index (χ1n) is 5.69. The largest absolute Gasteiger partial charge is 0.476 e. The fourth-order valence-corrected chi connectivity index (χ4v) is 1.71. The molecule has 17 heavy (non-hydrogen) atoms. The van der Waals surface area contributed by atoms with Crippen molar-refractivity contribution in [1.29, 1.82) is 0 Å². The van der Waals surface area contributed by atoms with Crippen LogP contribution in [-0.2, 0) is 0 Å². The lowest BCUT2D eigenvalue weighted by atomic mass is 10.1. The summed E-state index contributed by atoms with van der Waals surface area (Å²) in [7, 11) is 1.56. The quantitative estimate of drug-likeness (QED) is 0.758. The van der Waals surface area contributed by atoms with Crippen LogP contribution in [0, 0.1) is 5.92 Å². The van der Waals surface area contributed by atoms with E-state index in [4.69, 9.17) is 4.74 Å². The van der Waals surface area contributed by atoms with Crippen LogP contribution >= 0.6 is 0 Å². The fourth-order valence-electron chi connectivity index (χ4n) is 1.71. The number of carbonyl (C=O) groups excluding carboxylic acids is 1. The molecule has 2 N–H and O–H groups in total. The van der Waals surface area contributed by atoms with Crippen LogP contribution in [0.3, 0.4) is 0 Å². The Labute approximate surface area is 99.8 Å². The molecule has 6 nitrogen and oxygen atoms in total. The fraction of sp³-hybridized carbons (Fsp3) is 0.545. The number of amides is 1. The van der Waals surface area contributed by atoms with E-state index < -0.39 is 0 Å². The Hall–Kier alpha value is -1.69. The number of hydrogen-bond acceptors (Lipinski definition) is 5. The molecule has 1 saturated heterocycles. The van der Waals surface area contributed by atoms with Gasteiger partial charge in [-0.3, -0.25) is 4.79 Å². The minimum Gasteiger partial charge on any atom is -0.476 e. The van der Waals surface area contributed by atoms with Gasteiger partial charge in [0.1, 0.15) is 0 Å². The maximum Gasteiger partial charge on any atom is 0.271 e. The van der Waals surface area contributed by atoms with Crippen molar-refractivity contribution in [2.45, 2.75) is 6.42 Å². The summed E-state index contributed by atoms with van der Waals surface area (Å²) in [6.45, 7) is 2.68. The molecule has 1 atom stereocenters. The van der Waals surface area contributed by atoms with E-state index in [-0.39, 0.29) is 5.91 Å². The van der Waals surface area contributed by atoms with Crippen molar-refractivity contribution in [2.24, 2.45) is 5.92 Å². The lowest BCUT2D eigenvalue weighted by Crippen LogP contribution is -2.20. The smallest absolute Gasteiger partial charge is 0.271 e. The monoisotopic (exact) mass is 236 g/mol. The van der Waals surface area contributed by atoms with Gasteiger partial charge in [0.25, 0.3) is 5.91 Å². The molecule has 0 spiro atoms. The minimum absolute atomic E-state index is 0.246. The Morgan fingerprint density at radius 3 is 3.06 bits per heavy atom. The van der Waals surface area contributed by atoms with Crippen LogP contribution in [0.15, 0.2) is 12.1 Å². The highest BCUT2D eigenvalue weighted by molar-refractivity contribution is 5.91. The first kappa shape index (κ1) is 11.8. The average Bonchev–Trinajstić information content (AvgIpc) is 2.89. The van der Waals surface area contributed by atoms with E-state index >= 15 is 0 Å². The summed E-state index contributed by atoms with van der Waals surface area (Å²) in [6.07, 6.45) is 1.13. The Morgan fingerprint density at radius 1 is 1.59 bits per heavy atom. The second kappa shape index (κ2) is 5.58. The first-order valence-corrected chi connectivity index (χ1v) is 5.69. The summed E-state index contributed by atoms with van der Waals surface area (Å²) in [5.41, 5.74) is 0.294. The molecular formula is C11H16N4O2. The van der Waals surface area contributed by atoms with Gasteiger partial charge in [-0.15, -0.1) is 10.2 Å². The highest BCUT2D eigenvalue weighted by atomic mass is 16.5. The maximum absolute atomic E-state index is 11.2.